The van der Waals surface area contributed by atoms with Crippen LogP contribution >= 0.6 is 11.6 Å². The van der Waals surface area contributed by atoms with E-state index >= 15 is 0 Å². The summed E-state index contributed by atoms with van der Waals surface area (Å²) in [7, 11) is -3.44. The average Bonchev–Trinajstić information content (AvgIpc) is 2.84. The molecule has 116 valence electrons. The molecule has 7 heteroatoms. The van der Waals surface area contributed by atoms with Crippen molar-refractivity contribution in [1.29, 1.82) is 0 Å². The lowest BCUT2D eigenvalue weighted by atomic mass is 10.2. The Kier molecular flexibility index (Phi) is 5.11. The highest BCUT2D eigenvalue weighted by Gasteiger charge is 2.22. The minimum absolute atomic E-state index is 0.0244. The van der Waals surface area contributed by atoms with E-state index in [2.05, 4.69) is 4.72 Å². The molecule has 1 N–H and O–H groups in total. The molecule has 1 aromatic rings. The molecule has 2 rings (SSSR count). The average molecular weight is 331 g/mol. The molecule has 1 fully saturated rings. The number of anilines is 2. The molecule has 21 heavy (non-hydrogen) atoms. The van der Waals surface area contributed by atoms with Gasteiger partial charge >= 0.3 is 0 Å². The maximum atomic E-state index is 12.0. The Labute approximate surface area is 130 Å². The Balaban J connectivity index is 2.12. The molecule has 0 saturated carbocycles. The molecule has 1 aromatic carbocycles. The van der Waals surface area contributed by atoms with Crippen LogP contribution in [0.5, 0.6) is 0 Å². The number of carbonyl (C=O) groups excluding carboxylic acids is 1. The topological polar surface area (TPSA) is 66.5 Å². The van der Waals surface area contributed by atoms with Crippen LogP contribution in [-0.2, 0) is 14.8 Å². The summed E-state index contributed by atoms with van der Waals surface area (Å²) >= 11 is 5.65. The number of rotatable bonds is 6. The Morgan fingerprint density at radius 1 is 1.43 bits per heavy atom. The molecule has 0 aliphatic carbocycles. The highest BCUT2D eigenvalue weighted by Crippen LogP contribution is 2.24. The van der Waals surface area contributed by atoms with E-state index in [0.717, 1.165) is 12.1 Å². The van der Waals surface area contributed by atoms with E-state index in [1.54, 1.807) is 30.0 Å². The molecular formula is C14H19ClN2O3S. The molecule has 1 heterocycles. The van der Waals surface area contributed by atoms with E-state index in [1.165, 1.54) is 0 Å². The van der Waals surface area contributed by atoms with Crippen molar-refractivity contribution in [3.05, 3.63) is 24.3 Å². The molecule has 1 atom stereocenters. The third-order valence-electron chi connectivity index (χ3n) is 3.27. The quantitative estimate of drug-likeness (QED) is 0.815. The van der Waals surface area contributed by atoms with E-state index in [4.69, 9.17) is 11.6 Å². The third-order valence-corrected chi connectivity index (χ3v) is 5.35. The standard InChI is InChI=1S/C14H19ClN2O3S/c1-11(9-15)10-21(19,20)16-12-4-2-5-13(8-12)17-7-3-6-14(17)18/h2,4-5,8,11,16H,3,6-7,9-10H2,1H3. The Bertz CT molecular complexity index is 618. The van der Waals surface area contributed by atoms with Crippen molar-refractivity contribution >= 4 is 38.9 Å². The lowest BCUT2D eigenvalue weighted by Gasteiger charge is -2.17. The number of amides is 1. The van der Waals surface area contributed by atoms with E-state index in [0.29, 0.717) is 24.5 Å². The van der Waals surface area contributed by atoms with E-state index in [-0.39, 0.29) is 17.6 Å². The summed E-state index contributed by atoms with van der Waals surface area (Å²) in [5.41, 5.74) is 1.19. The molecule has 1 amide bonds. The smallest absolute Gasteiger partial charge is 0.233 e. The number of alkyl halides is 1. The first-order valence-electron chi connectivity index (χ1n) is 6.88. The summed E-state index contributed by atoms with van der Waals surface area (Å²) < 4.78 is 26.6. The van der Waals surface area contributed by atoms with Gasteiger partial charge in [0.1, 0.15) is 0 Å². The molecule has 1 saturated heterocycles. The van der Waals surface area contributed by atoms with Gasteiger partial charge in [-0.05, 0) is 30.5 Å². The Hall–Kier alpha value is -1.27. The highest BCUT2D eigenvalue weighted by molar-refractivity contribution is 7.92. The number of hydrogen-bond donors (Lipinski definition) is 1. The number of nitrogens with one attached hydrogen (secondary N) is 1. The number of nitrogens with zero attached hydrogens (tertiary/aromatic N) is 1. The summed E-state index contributed by atoms with van der Waals surface area (Å²) in [5.74, 6) is 0.227. The van der Waals surface area contributed by atoms with Crippen molar-refractivity contribution in [2.75, 3.05) is 27.8 Å². The fourth-order valence-electron chi connectivity index (χ4n) is 2.30. The number of sulfonamides is 1. The molecule has 1 aliphatic heterocycles. The Morgan fingerprint density at radius 3 is 2.81 bits per heavy atom. The van der Waals surface area contributed by atoms with Crippen LogP contribution in [0.15, 0.2) is 24.3 Å². The predicted octanol–water partition coefficient (Wildman–Crippen LogP) is 2.43. The number of hydrogen-bond acceptors (Lipinski definition) is 3. The maximum Gasteiger partial charge on any atom is 0.233 e. The zero-order valence-corrected chi connectivity index (χ0v) is 13.5. The summed E-state index contributed by atoms with van der Waals surface area (Å²) in [5, 5.41) is 0. The van der Waals surface area contributed by atoms with Crippen LogP contribution in [0.3, 0.4) is 0 Å². The van der Waals surface area contributed by atoms with Crippen LogP contribution in [0, 0.1) is 5.92 Å². The SMILES string of the molecule is CC(CCl)CS(=O)(=O)Nc1cccc(N2CCCC2=O)c1. The first-order valence-corrected chi connectivity index (χ1v) is 9.07. The van der Waals surface area contributed by atoms with Crippen LogP contribution in [0.25, 0.3) is 0 Å². The predicted molar refractivity (Wildman–Crippen MR) is 85.3 cm³/mol. The zero-order valence-electron chi connectivity index (χ0n) is 11.9. The van der Waals surface area contributed by atoms with Crippen LogP contribution in [0.1, 0.15) is 19.8 Å². The van der Waals surface area contributed by atoms with Gasteiger partial charge in [-0.2, -0.15) is 0 Å². The summed E-state index contributed by atoms with van der Waals surface area (Å²) in [6.45, 7) is 2.46. The van der Waals surface area contributed by atoms with Gasteiger partial charge in [0, 0.05) is 24.5 Å². The van der Waals surface area contributed by atoms with Gasteiger partial charge in [0.15, 0.2) is 0 Å². The van der Waals surface area contributed by atoms with Crippen LogP contribution in [0.4, 0.5) is 11.4 Å². The first kappa shape index (κ1) is 16.1. The van der Waals surface area contributed by atoms with Crippen molar-refractivity contribution in [3.63, 3.8) is 0 Å². The molecule has 1 aliphatic rings. The van der Waals surface area contributed by atoms with E-state index in [1.807, 2.05) is 6.07 Å². The molecule has 1 unspecified atom stereocenters. The molecule has 0 spiro atoms. The van der Waals surface area contributed by atoms with Gasteiger partial charge in [0.2, 0.25) is 15.9 Å². The second kappa shape index (κ2) is 6.66. The van der Waals surface area contributed by atoms with E-state index in [9.17, 15) is 13.2 Å². The maximum absolute atomic E-state index is 12.0. The van der Waals surface area contributed by atoms with Crippen LogP contribution in [0.2, 0.25) is 0 Å². The second-order valence-electron chi connectivity index (χ2n) is 5.34. The monoisotopic (exact) mass is 330 g/mol. The highest BCUT2D eigenvalue weighted by atomic mass is 35.5. The zero-order chi connectivity index (χ0) is 15.5. The number of benzene rings is 1. The van der Waals surface area contributed by atoms with Crippen LogP contribution in [-0.4, -0.2) is 32.5 Å². The van der Waals surface area contributed by atoms with Crippen molar-refractivity contribution in [1.82, 2.24) is 0 Å². The van der Waals surface area contributed by atoms with Gasteiger partial charge < -0.3 is 4.90 Å². The molecule has 5 nitrogen and oxygen atoms in total. The minimum Gasteiger partial charge on any atom is -0.312 e. The minimum atomic E-state index is -3.44. The van der Waals surface area contributed by atoms with Gasteiger partial charge in [-0.15, -0.1) is 11.6 Å². The molecule has 0 radical (unpaired) electrons. The number of halogens is 1. The lowest BCUT2D eigenvalue weighted by Crippen LogP contribution is -2.24. The van der Waals surface area contributed by atoms with Crippen molar-refractivity contribution in [3.8, 4) is 0 Å². The fraction of sp³-hybridized carbons (Fsp3) is 0.500. The van der Waals surface area contributed by atoms with Crippen molar-refractivity contribution < 1.29 is 13.2 Å². The van der Waals surface area contributed by atoms with E-state index < -0.39 is 10.0 Å². The molecule has 0 aromatic heterocycles. The third kappa shape index (κ3) is 4.35. The van der Waals surface area contributed by atoms with Crippen molar-refractivity contribution in [2.45, 2.75) is 19.8 Å². The normalized spacial score (nSPS) is 17.0. The molecule has 0 bridgehead atoms. The van der Waals surface area contributed by atoms with Crippen LogP contribution < -0.4 is 9.62 Å². The summed E-state index contributed by atoms with van der Waals surface area (Å²) in [6, 6.07) is 6.91. The van der Waals surface area contributed by atoms with Gasteiger partial charge in [0.05, 0.1) is 11.4 Å². The van der Waals surface area contributed by atoms with Crippen molar-refractivity contribution in [2.24, 2.45) is 5.92 Å². The van der Waals surface area contributed by atoms with Gasteiger partial charge in [-0.1, -0.05) is 13.0 Å². The van der Waals surface area contributed by atoms with Gasteiger partial charge in [-0.3, -0.25) is 9.52 Å². The first-order chi connectivity index (χ1) is 9.91. The largest absolute Gasteiger partial charge is 0.312 e. The lowest BCUT2D eigenvalue weighted by molar-refractivity contribution is -0.117. The fourth-order valence-corrected chi connectivity index (χ4v) is 3.97. The number of carbonyl (C=O) groups is 1. The second-order valence-corrected chi connectivity index (χ2v) is 7.42. The summed E-state index contributed by atoms with van der Waals surface area (Å²) in [6.07, 6.45) is 1.38. The van der Waals surface area contributed by atoms with Gasteiger partial charge in [-0.25, -0.2) is 8.42 Å². The molecular weight excluding hydrogens is 312 g/mol. The Morgan fingerprint density at radius 2 is 2.19 bits per heavy atom. The van der Waals surface area contributed by atoms with Gasteiger partial charge in [0.25, 0.3) is 0 Å². The summed E-state index contributed by atoms with van der Waals surface area (Å²) in [4.78, 5) is 13.4.